The van der Waals surface area contributed by atoms with Crippen LogP contribution in [0.15, 0.2) is 0 Å². The van der Waals surface area contributed by atoms with Gasteiger partial charge in [0.25, 0.3) is 3.79 Å². The predicted molar refractivity (Wildman–Crippen MR) is 39.0 cm³/mol. The average molecular weight is 299 g/mol. The van der Waals surface area contributed by atoms with E-state index in [0.717, 1.165) is 0 Å². The molecule has 84 valence electrons. The first-order valence-electron chi connectivity index (χ1n) is 2.47. The van der Waals surface area contributed by atoms with Gasteiger partial charge in [-0.3, -0.25) is 0 Å². The molecule has 0 rings (SSSR count). The van der Waals surface area contributed by atoms with Crippen LogP contribution in [-0.2, 0) is 9.59 Å². The molecule has 0 aliphatic heterocycles. The maximum Gasteiger partial charge on any atom is 1.00 e. The quantitative estimate of drug-likeness (QED) is 0.405. The first-order valence-corrected chi connectivity index (χ1v) is 3.60. The molecule has 0 saturated carbocycles. The van der Waals surface area contributed by atoms with Crippen LogP contribution in [0, 0.1) is 0 Å². The van der Waals surface area contributed by atoms with Crippen molar-refractivity contribution in [3.63, 3.8) is 0 Å². The average Bonchev–Trinajstić information content (AvgIpc) is 1.83. The van der Waals surface area contributed by atoms with E-state index in [1.165, 1.54) is 0 Å². The van der Waals surface area contributed by atoms with Gasteiger partial charge in [-0.05, 0) is 0 Å². The van der Waals surface area contributed by atoms with E-state index < -0.39 is 21.9 Å². The summed E-state index contributed by atoms with van der Waals surface area (Å²) in [5.74, 6) is -4.47. The Kier molecular flexibility index (Phi) is 10.9. The molecule has 1 N–H and O–H groups in total. The Bertz CT molecular complexity index is 202. The minimum Gasteiger partial charge on any atom is -0.542 e. The number of halogens is 6. The number of rotatable bonds is 0. The van der Waals surface area contributed by atoms with Gasteiger partial charge in [-0.1, -0.05) is 34.8 Å². The minimum absolute atomic E-state index is 0. The number of alkyl halides is 6. The molecular formula is C4HCl3F3NaO4. The number of hydrogen-bond donors (Lipinski definition) is 1. The summed E-state index contributed by atoms with van der Waals surface area (Å²) in [5, 5.41) is 16.6. The number of carbonyl (C=O) groups excluding carboxylic acids is 1. The Balaban J connectivity index is -0.000000180. The Labute approximate surface area is 119 Å². The summed E-state index contributed by atoms with van der Waals surface area (Å²) in [5.41, 5.74) is 0. The molecule has 0 radical (unpaired) electrons. The molecule has 11 heteroatoms. The van der Waals surface area contributed by atoms with E-state index >= 15 is 0 Å². The van der Waals surface area contributed by atoms with E-state index in [0.29, 0.717) is 0 Å². The molecule has 0 aromatic rings. The molecule has 0 amide bonds. The van der Waals surface area contributed by atoms with Crippen LogP contribution in [-0.4, -0.2) is 27.0 Å². The summed E-state index contributed by atoms with van der Waals surface area (Å²) in [6, 6.07) is 0. The van der Waals surface area contributed by atoms with Gasteiger partial charge in [0.2, 0.25) is 0 Å². The van der Waals surface area contributed by atoms with Crippen molar-refractivity contribution in [1.29, 1.82) is 0 Å². The summed E-state index contributed by atoms with van der Waals surface area (Å²) in [7, 11) is 0. The minimum atomic E-state index is -5.19. The molecule has 0 aliphatic carbocycles. The van der Waals surface area contributed by atoms with Crippen molar-refractivity contribution in [3.8, 4) is 0 Å². The maximum atomic E-state index is 10.5. The van der Waals surface area contributed by atoms with Gasteiger partial charge in [0, 0.05) is 0 Å². The molecule has 0 bridgehead atoms. The van der Waals surface area contributed by atoms with Gasteiger partial charge in [-0.25, -0.2) is 4.79 Å². The van der Waals surface area contributed by atoms with E-state index in [9.17, 15) is 18.0 Å². The fraction of sp³-hybridized carbons (Fsp3) is 0.500. The van der Waals surface area contributed by atoms with Crippen molar-refractivity contribution in [2.24, 2.45) is 0 Å². The topological polar surface area (TPSA) is 77.4 Å². The molecule has 15 heavy (non-hydrogen) atoms. The van der Waals surface area contributed by atoms with Crippen molar-refractivity contribution in [2.75, 3.05) is 0 Å². The van der Waals surface area contributed by atoms with Crippen molar-refractivity contribution in [3.05, 3.63) is 0 Å². The molecule has 0 fully saturated rings. The number of carboxylic acid groups (broad SMARTS) is 2. The van der Waals surface area contributed by atoms with Gasteiger partial charge in [0.05, 0.1) is 0 Å². The second kappa shape index (κ2) is 7.81. The Morgan fingerprint density at radius 2 is 1.27 bits per heavy atom. The van der Waals surface area contributed by atoms with Crippen LogP contribution in [0.25, 0.3) is 0 Å². The van der Waals surface area contributed by atoms with Crippen LogP contribution in [0.1, 0.15) is 0 Å². The van der Waals surface area contributed by atoms with Crippen molar-refractivity contribution >= 4 is 46.7 Å². The van der Waals surface area contributed by atoms with E-state index in [1.54, 1.807) is 0 Å². The zero-order valence-electron chi connectivity index (χ0n) is 6.94. The van der Waals surface area contributed by atoms with E-state index in [2.05, 4.69) is 0 Å². The SMILES string of the molecule is O=C(O)C(Cl)(Cl)Cl.O=C([O-])C(F)(F)F.[Na+]. The van der Waals surface area contributed by atoms with Crippen molar-refractivity contribution in [2.45, 2.75) is 9.97 Å². The third-order valence-corrected chi connectivity index (χ3v) is 0.959. The summed E-state index contributed by atoms with van der Waals surface area (Å²) in [4.78, 5) is 18.4. The normalized spacial score (nSPS) is 10.5. The van der Waals surface area contributed by atoms with Crippen molar-refractivity contribution in [1.82, 2.24) is 0 Å². The van der Waals surface area contributed by atoms with Gasteiger partial charge in [0.15, 0.2) is 0 Å². The van der Waals surface area contributed by atoms with Gasteiger partial charge < -0.3 is 15.0 Å². The molecule has 0 atom stereocenters. The number of hydrogen-bond acceptors (Lipinski definition) is 3. The first kappa shape index (κ1) is 20.9. The predicted octanol–water partition coefficient (Wildman–Crippen LogP) is -2.26. The van der Waals surface area contributed by atoms with Gasteiger partial charge in [-0.2, -0.15) is 13.2 Å². The standard InChI is InChI=1S/C2HCl3O2.C2HF3O2.Na/c2*3-2(4,5)1(6)7;/h2*(H,6,7);/q;;+1/p-1. The second-order valence-electron chi connectivity index (χ2n) is 1.59. The maximum absolute atomic E-state index is 10.5. The molecule has 0 spiro atoms. The summed E-state index contributed by atoms with van der Waals surface area (Å²) < 4.78 is 29.4. The van der Waals surface area contributed by atoms with Crippen LogP contribution >= 0.6 is 34.8 Å². The number of carboxylic acids is 2. The summed E-state index contributed by atoms with van der Waals surface area (Å²) >= 11 is 14.4. The summed E-state index contributed by atoms with van der Waals surface area (Å²) in [6.07, 6.45) is -5.19. The Morgan fingerprint density at radius 3 is 1.27 bits per heavy atom. The first-order chi connectivity index (χ1) is 5.89. The molecule has 4 nitrogen and oxygen atoms in total. The summed E-state index contributed by atoms with van der Waals surface area (Å²) in [6.45, 7) is 0. The second-order valence-corrected chi connectivity index (χ2v) is 3.87. The smallest absolute Gasteiger partial charge is 0.542 e. The van der Waals surface area contributed by atoms with E-state index in [-0.39, 0.29) is 29.6 Å². The number of aliphatic carboxylic acids is 2. The van der Waals surface area contributed by atoms with Gasteiger partial charge >= 0.3 is 41.7 Å². The fourth-order valence-electron chi connectivity index (χ4n) is 0. The van der Waals surface area contributed by atoms with E-state index in [4.69, 9.17) is 49.8 Å². The van der Waals surface area contributed by atoms with Gasteiger partial charge in [0.1, 0.15) is 5.97 Å². The van der Waals surface area contributed by atoms with Crippen LogP contribution in [0.3, 0.4) is 0 Å². The Hall–Kier alpha value is 0.600. The molecule has 0 saturated heterocycles. The number of carbonyl (C=O) groups is 2. The van der Waals surface area contributed by atoms with Crippen LogP contribution < -0.4 is 34.7 Å². The monoisotopic (exact) mass is 298 g/mol. The van der Waals surface area contributed by atoms with Gasteiger partial charge in [-0.15, -0.1) is 0 Å². The zero-order valence-corrected chi connectivity index (χ0v) is 11.2. The van der Waals surface area contributed by atoms with Crippen molar-refractivity contribution < 1.29 is 62.5 Å². The zero-order chi connectivity index (χ0) is 12.2. The molecule has 0 aromatic carbocycles. The fourth-order valence-corrected chi connectivity index (χ4v) is 0. The van der Waals surface area contributed by atoms with Crippen LogP contribution in [0.5, 0.6) is 0 Å². The molecule has 0 heterocycles. The molecule has 0 aliphatic rings. The molecular weight excluding hydrogens is 298 g/mol. The van der Waals surface area contributed by atoms with Crippen LogP contribution in [0.4, 0.5) is 13.2 Å². The molecule has 0 aromatic heterocycles. The largest absolute Gasteiger partial charge is 1.00 e. The van der Waals surface area contributed by atoms with Crippen LogP contribution in [0.2, 0.25) is 0 Å². The third kappa shape index (κ3) is 14.6. The molecule has 0 unspecified atom stereocenters. The Morgan fingerprint density at radius 1 is 1.13 bits per heavy atom. The third-order valence-electron chi connectivity index (χ3n) is 0.474. The van der Waals surface area contributed by atoms with E-state index in [1.807, 2.05) is 0 Å².